The molecule has 5 nitrogen and oxygen atoms in total. The molecule has 2 aromatic rings. The largest absolute Gasteiger partial charge is 0.447 e. The third-order valence-corrected chi connectivity index (χ3v) is 3.87. The number of amides is 2. The van der Waals surface area contributed by atoms with Crippen molar-refractivity contribution in [3.05, 3.63) is 59.9 Å². The van der Waals surface area contributed by atoms with E-state index in [0.717, 1.165) is 17.0 Å². The molecule has 0 spiro atoms. The second kappa shape index (κ2) is 7.47. The molecule has 0 N–H and O–H groups in total. The van der Waals surface area contributed by atoms with E-state index in [-0.39, 0.29) is 17.9 Å². The molecule has 1 saturated heterocycles. The molecule has 0 aromatic heterocycles. The molecule has 3 rings (SSSR count). The molecule has 26 heavy (non-hydrogen) atoms. The number of hydrogen-bond donors (Lipinski definition) is 0. The molecular formula is C18H15F3N2O3. The minimum absolute atomic E-state index is 0.132. The van der Waals surface area contributed by atoms with Gasteiger partial charge in [-0.3, -0.25) is 9.69 Å². The van der Waals surface area contributed by atoms with Crippen LogP contribution in [0.15, 0.2) is 48.5 Å². The van der Waals surface area contributed by atoms with Gasteiger partial charge in [-0.05, 0) is 42.5 Å². The number of halogens is 3. The fraction of sp³-hybridized carbons (Fsp3) is 0.222. The lowest BCUT2D eigenvalue weighted by molar-refractivity contribution is 0.0945. The van der Waals surface area contributed by atoms with Crippen LogP contribution in [0.2, 0.25) is 0 Å². The van der Waals surface area contributed by atoms with Crippen LogP contribution >= 0.6 is 0 Å². The summed E-state index contributed by atoms with van der Waals surface area (Å²) in [5, 5.41) is 0. The normalized spacial score (nSPS) is 13.8. The van der Waals surface area contributed by atoms with Gasteiger partial charge in [0.2, 0.25) is 0 Å². The van der Waals surface area contributed by atoms with Crippen molar-refractivity contribution in [2.24, 2.45) is 0 Å². The van der Waals surface area contributed by atoms with Crippen molar-refractivity contribution in [3.63, 3.8) is 0 Å². The number of alkyl halides is 2. The zero-order valence-corrected chi connectivity index (χ0v) is 13.6. The fourth-order valence-electron chi connectivity index (χ4n) is 2.66. The summed E-state index contributed by atoms with van der Waals surface area (Å²) in [6.07, 6.45) is -3.29. The molecule has 2 amide bonds. The summed E-state index contributed by atoms with van der Waals surface area (Å²) in [7, 11) is 0. The standard InChI is InChI=1S/C18H15F3N2O3/c19-13-4-6-14(7-5-13)23(11-16(20)21)17(24)12-2-1-3-15(10-12)22-8-9-26-18(22)25/h1-7,10,16H,8-9,11H2. The average Bonchev–Trinajstić information content (AvgIpc) is 3.06. The molecule has 0 bridgehead atoms. The van der Waals surface area contributed by atoms with Crippen molar-refractivity contribution in [1.29, 1.82) is 0 Å². The molecule has 1 aliphatic heterocycles. The van der Waals surface area contributed by atoms with Crippen LogP contribution in [0.1, 0.15) is 10.4 Å². The Labute approximate surface area is 147 Å². The van der Waals surface area contributed by atoms with Gasteiger partial charge in [-0.15, -0.1) is 0 Å². The molecule has 0 atom stereocenters. The van der Waals surface area contributed by atoms with Gasteiger partial charge >= 0.3 is 6.09 Å². The minimum Gasteiger partial charge on any atom is -0.447 e. The van der Waals surface area contributed by atoms with E-state index in [4.69, 9.17) is 4.74 Å². The molecule has 1 aliphatic rings. The van der Waals surface area contributed by atoms with Crippen LogP contribution in [-0.2, 0) is 4.74 Å². The molecular weight excluding hydrogens is 349 g/mol. The van der Waals surface area contributed by atoms with E-state index >= 15 is 0 Å². The molecule has 2 aromatic carbocycles. The average molecular weight is 364 g/mol. The summed E-state index contributed by atoms with van der Waals surface area (Å²) < 4.78 is 43.9. The van der Waals surface area contributed by atoms with E-state index in [1.165, 1.54) is 29.2 Å². The number of rotatable bonds is 5. The van der Waals surface area contributed by atoms with E-state index < -0.39 is 30.8 Å². The van der Waals surface area contributed by atoms with Crippen LogP contribution in [-0.4, -0.2) is 38.1 Å². The Morgan fingerprint density at radius 3 is 2.54 bits per heavy atom. The highest BCUT2D eigenvalue weighted by molar-refractivity contribution is 6.07. The van der Waals surface area contributed by atoms with Gasteiger partial charge in [-0.2, -0.15) is 0 Å². The Hall–Kier alpha value is -3.03. The summed E-state index contributed by atoms with van der Waals surface area (Å²) >= 11 is 0. The topological polar surface area (TPSA) is 49.9 Å². The first-order valence-corrected chi connectivity index (χ1v) is 7.85. The van der Waals surface area contributed by atoms with Gasteiger partial charge in [0.15, 0.2) is 0 Å². The fourth-order valence-corrected chi connectivity index (χ4v) is 2.66. The zero-order chi connectivity index (χ0) is 18.7. The molecule has 8 heteroatoms. The third-order valence-electron chi connectivity index (χ3n) is 3.87. The molecule has 0 radical (unpaired) electrons. The van der Waals surface area contributed by atoms with Crippen LogP contribution in [0.25, 0.3) is 0 Å². The molecule has 0 unspecified atom stereocenters. The van der Waals surface area contributed by atoms with Gasteiger partial charge in [0.25, 0.3) is 12.3 Å². The Balaban J connectivity index is 1.91. The van der Waals surface area contributed by atoms with E-state index in [0.29, 0.717) is 12.2 Å². The van der Waals surface area contributed by atoms with Gasteiger partial charge in [0, 0.05) is 16.9 Å². The lowest BCUT2D eigenvalue weighted by Gasteiger charge is -2.23. The SMILES string of the molecule is O=C1OCCN1c1cccc(C(=O)N(CC(F)F)c2ccc(F)cc2)c1. The maximum absolute atomic E-state index is 13.1. The number of cyclic esters (lactones) is 1. The molecule has 0 aliphatic carbocycles. The minimum atomic E-state index is -2.76. The number of hydrogen-bond acceptors (Lipinski definition) is 3. The highest BCUT2D eigenvalue weighted by Gasteiger charge is 2.26. The van der Waals surface area contributed by atoms with Crippen molar-refractivity contribution in [3.8, 4) is 0 Å². The maximum Gasteiger partial charge on any atom is 0.414 e. The summed E-state index contributed by atoms with van der Waals surface area (Å²) in [6.45, 7) is -0.250. The van der Waals surface area contributed by atoms with Crippen molar-refractivity contribution in [2.75, 3.05) is 29.5 Å². The summed E-state index contributed by atoms with van der Waals surface area (Å²) in [4.78, 5) is 26.7. The number of nitrogens with zero attached hydrogens (tertiary/aromatic N) is 2. The number of carbonyl (C=O) groups is 2. The smallest absolute Gasteiger partial charge is 0.414 e. The molecule has 136 valence electrons. The first-order valence-electron chi connectivity index (χ1n) is 7.85. The van der Waals surface area contributed by atoms with Crippen LogP contribution < -0.4 is 9.80 Å². The summed E-state index contributed by atoms with van der Waals surface area (Å²) in [5.74, 6) is -1.21. The second-order valence-electron chi connectivity index (χ2n) is 5.60. The van der Waals surface area contributed by atoms with Crippen LogP contribution in [0.5, 0.6) is 0 Å². The Kier molecular flexibility index (Phi) is 5.11. The lowest BCUT2D eigenvalue weighted by atomic mass is 10.1. The van der Waals surface area contributed by atoms with E-state index in [1.807, 2.05) is 0 Å². The van der Waals surface area contributed by atoms with Crippen molar-refractivity contribution in [2.45, 2.75) is 6.43 Å². The maximum atomic E-state index is 13.1. The Morgan fingerprint density at radius 1 is 1.19 bits per heavy atom. The first kappa shape index (κ1) is 17.8. The number of ether oxygens (including phenoxy) is 1. The second-order valence-corrected chi connectivity index (χ2v) is 5.60. The highest BCUT2D eigenvalue weighted by atomic mass is 19.3. The molecule has 1 heterocycles. The van der Waals surface area contributed by atoms with Gasteiger partial charge in [-0.1, -0.05) is 6.07 Å². The van der Waals surface area contributed by atoms with Crippen LogP contribution in [0.4, 0.5) is 29.3 Å². The number of anilines is 2. The zero-order valence-electron chi connectivity index (χ0n) is 13.6. The number of carbonyl (C=O) groups excluding carboxylic acids is 2. The van der Waals surface area contributed by atoms with E-state index in [9.17, 15) is 22.8 Å². The quantitative estimate of drug-likeness (QED) is 0.813. The van der Waals surface area contributed by atoms with Crippen LogP contribution in [0.3, 0.4) is 0 Å². The Bertz CT molecular complexity index is 812. The van der Waals surface area contributed by atoms with E-state index in [1.54, 1.807) is 12.1 Å². The summed E-state index contributed by atoms with van der Waals surface area (Å²) in [5.41, 5.74) is 0.726. The lowest BCUT2D eigenvalue weighted by Crippen LogP contribution is -2.35. The monoisotopic (exact) mass is 364 g/mol. The van der Waals surface area contributed by atoms with Gasteiger partial charge in [-0.25, -0.2) is 18.0 Å². The molecule has 1 fully saturated rings. The van der Waals surface area contributed by atoms with Crippen LogP contribution in [0, 0.1) is 5.82 Å². The van der Waals surface area contributed by atoms with E-state index in [2.05, 4.69) is 0 Å². The van der Waals surface area contributed by atoms with Gasteiger partial charge in [0.05, 0.1) is 13.1 Å². The van der Waals surface area contributed by atoms with Gasteiger partial charge in [0.1, 0.15) is 12.4 Å². The summed E-state index contributed by atoms with van der Waals surface area (Å²) in [6, 6.07) is 10.8. The third kappa shape index (κ3) is 3.79. The first-order chi connectivity index (χ1) is 12.5. The van der Waals surface area contributed by atoms with Crippen molar-refractivity contribution in [1.82, 2.24) is 0 Å². The van der Waals surface area contributed by atoms with Crippen molar-refractivity contribution < 1.29 is 27.5 Å². The molecule has 0 saturated carbocycles. The number of benzene rings is 2. The van der Waals surface area contributed by atoms with Crippen molar-refractivity contribution >= 4 is 23.4 Å². The Morgan fingerprint density at radius 2 is 1.92 bits per heavy atom. The predicted molar refractivity (Wildman–Crippen MR) is 89.2 cm³/mol. The van der Waals surface area contributed by atoms with Gasteiger partial charge < -0.3 is 9.64 Å². The predicted octanol–water partition coefficient (Wildman–Crippen LogP) is 3.69. The highest BCUT2D eigenvalue weighted by Crippen LogP contribution is 2.23.